The van der Waals surface area contributed by atoms with Crippen molar-refractivity contribution < 1.29 is 9.13 Å². The van der Waals surface area contributed by atoms with E-state index in [0.717, 1.165) is 22.1 Å². The molecule has 1 unspecified atom stereocenters. The molecule has 0 aliphatic heterocycles. The molecular weight excluding hydrogens is 285 g/mol. The van der Waals surface area contributed by atoms with Gasteiger partial charge in [-0.1, -0.05) is 36.9 Å². The molecule has 4 heteroatoms. The summed E-state index contributed by atoms with van der Waals surface area (Å²) >= 11 is 1.53. The topological polar surface area (TPSA) is 21.3 Å². The van der Waals surface area contributed by atoms with Gasteiger partial charge < -0.3 is 10.1 Å². The fourth-order valence-corrected chi connectivity index (χ4v) is 3.42. The number of hydrogen-bond donors (Lipinski definition) is 1. The monoisotopic (exact) mass is 305 g/mol. The van der Waals surface area contributed by atoms with Crippen LogP contribution < -0.4 is 10.1 Å². The van der Waals surface area contributed by atoms with E-state index < -0.39 is 0 Å². The van der Waals surface area contributed by atoms with Crippen molar-refractivity contribution in [2.45, 2.75) is 29.7 Å². The minimum absolute atomic E-state index is 0.0339. The first-order chi connectivity index (χ1) is 10.2. The van der Waals surface area contributed by atoms with Crippen LogP contribution in [0.2, 0.25) is 0 Å². The molecule has 1 N–H and O–H groups in total. The van der Waals surface area contributed by atoms with Gasteiger partial charge in [-0.25, -0.2) is 4.39 Å². The Hall–Kier alpha value is -1.52. The Labute approximate surface area is 129 Å². The molecule has 112 valence electrons. The third-order valence-electron chi connectivity index (χ3n) is 3.25. The van der Waals surface area contributed by atoms with Crippen molar-refractivity contribution in [3.05, 3.63) is 53.8 Å². The van der Waals surface area contributed by atoms with E-state index in [-0.39, 0.29) is 11.9 Å². The van der Waals surface area contributed by atoms with Gasteiger partial charge in [0.05, 0.1) is 12.0 Å². The average molecular weight is 305 g/mol. The van der Waals surface area contributed by atoms with Crippen LogP contribution >= 0.6 is 11.8 Å². The molecule has 0 fully saturated rings. The third-order valence-corrected chi connectivity index (χ3v) is 4.38. The molecule has 2 aromatic rings. The Balaban J connectivity index is 2.38. The van der Waals surface area contributed by atoms with Gasteiger partial charge in [0, 0.05) is 16.5 Å². The van der Waals surface area contributed by atoms with E-state index in [1.165, 1.54) is 17.8 Å². The predicted molar refractivity (Wildman–Crippen MR) is 85.6 cm³/mol. The van der Waals surface area contributed by atoms with Crippen LogP contribution in [0.5, 0.6) is 5.75 Å². The van der Waals surface area contributed by atoms with Crippen LogP contribution in [-0.2, 0) is 0 Å². The molecule has 0 amide bonds. The van der Waals surface area contributed by atoms with Crippen LogP contribution in [0.25, 0.3) is 0 Å². The molecule has 0 radical (unpaired) electrons. The first kappa shape index (κ1) is 15.9. The lowest BCUT2D eigenvalue weighted by atomic mass is 10.1. The minimum Gasteiger partial charge on any atom is -0.496 e. The lowest BCUT2D eigenvalue weighted by molar-refractivity contribution is 0.405. The molecule has 0 spiro atoms. The summed E-state index contributed by atoms with van der Waals surface area (Å²) in [5, 5.41) is 3.27. The maximum absolute atomic E-state index is 14.2. The molecule has 0 bridgehead atoms. The summed E-state index contributed by atoms with van der Waals surface area (Å²) in [6.07, 6.45) is 0. The van der Waals surface area contributed by atoms with Crippen molar-refractivity contribution in [1.29, 1.82) is 0 Å². The number of ether oxygens (including phenoxy) is 1. The quantitative estimate of drug-likeness (QED) is 0.839. The van der Waals surface area contributed by atoms with E-state index in [1.54, 1.807) is 13.2 Å². The van der Waals surface area contributed by atoms with Gasteiger partial charge in [-0.05, 0) is 37.7 Å². The number of rotatable bonds is 6. The molecule has 0 heterocycles. The fraction of sp³-hybridized carbons (Fsp3) is 0.294. The largest absolute Gasteiger partial charge is 0.496 e. The van der Waals surface area contributed by atoms with Crippen LogP contribution in [0.3, 0.4) is 0 Å². The highest BCUT2D eigenvalue weighted by Crippen LogP contribution is 2.38. The van der Waals surface area contributed by atoms with Crippen LogP contribution in [0.15, 0.2) is 52.3 Å². The maximum Gasteiger partial charge on any atom is 0.132 e. The maximum atomic E-state index is 14.2. The number of hydrogen-bond acceptors (Lipinski definition) is 3. The number of nitrogens with one attached hydrogen (secondary N) is 1. The summed E-state index contributed by atoms with van der Waals surface area (Å²) in [4.78, 5) is 1.89. The molecule has 2 rings (SSSR count). The van der Waals surface area contributed by atoms with E-state index in [1.807, 2.05) is 44.2 Å². The smallest absolute Gasteiger partial charge is 0.132 e. The number of para-hydroxylation sites is 1. The van der Waals surface area contributed by atoms with Crippen molar-refractivity contribution in [2.24, 2.45) is 0 Å². The standard InChI is InChI=1S/C17H20FNOS/c1-4-19-12(2)17-13(18)8-7-11-16(17)21-15-10-6-5-9-14(15)20-3/h5-12,19H,4H2,1-3H3. The summed E-state index contributed by atoms with van der Waals surface area (Å²) in [7, 11) is 1.65. The number of halogens is 1. The van der Waals surface area contributed by atoms with E-state index in [9.17, 15) is 4.39 Å². The normalized spacial score (nSPS) is 12.2. The van der Waals surface area contributed by atoms with Gasteiger partial charge in [0.1, 0.15) is 11.6 Å². The predicted octanol–water partition coefficient (Wildman–Crippen LogP) is 4.66. The Kier molecular flexibility index (Phi) is 5.65. The van der Waals surface area contributed by atoms with Crippen LogP contribution in [-0.4, -0.2) is 13.7 Å². The highest BCUT2D eigenvalue weighted by Gasteiger charge is 2.16. The molecule has 0 saturated carbocycles. The summed E-state index contributed by atoms with van der Waals surface area (Å²) in [6.45, 7) is 4.80. The molecule has 0 aliphatic carbocycles. The highest BCUT2D eigenvalue weighted by molar-refractivity contribution is 7.99. The minimum atomic E-state index is -0.177. The second-order valence-electron chi connectivity index (χ2n) is 4.68. The molecule has 0 aliphatic rings. The molecular formula is C17H20FNOS. The SMILES string of the molecule is CCNC(C)c1c(F)cccc1Sc1ccccc1OC. The van der Waals surface area contributed by atoms with Crippen LogP contribution in [0, 0.1) is 5.82 Å². The van der Waals surface area contributed by atoms with E-state index in [0.29, 0.717) is 5.56 Å². The van der Waals surface area contributed by atoms with E-state index >= 15 is 0 Å². The van der Waals surface area contributed by atoms with Crippen molar-refractivity contribution in [1.82, 2.24) is 5.32 Å². The Morgan fingerprint density at radius 3 is 2.57 bits per heavy atom. The first-order valence-electron chi connectivity index (χ1n) is 7.00. The Bertz CT molecular complexity index is 603. The van der Waals surface area contributed by atoms with Crippen LogP contribution in [0.1, 0.15) is 25.5 Å². The van der Waals surface area contributed by atoms with Crippen molar-refractivity contribution >= 4 is 11.8 Å². The number of methoxy groups -OCH3 is 1. The van der Waals surface area contributed by atoms with Gasteiger partial charge in [-0.2, -0.15) is 0 Å². The Morgan fingerprint density at radius 1 is 1.14 bits per heavy atom. The molecule has 21 heavy (non-hydrogen) atoms. The average Bonchev–Trinajstić information content (AvgIpc) is 2.48. The Morgan fingerprint density at radius 2 is 1.86 bits per heavy atom. The lowest BCUT2D eigenvalue weighted by Gasteiger charge is -2.18. The summed E-state index contributed by atoms with van der Waals surface area (Å²) in [5.41, 5.74) is 0.704. The molecule has 0 saturated heterocycles. The summed E-state index contributed by atoms with van der Waals surface area (Å²) in [5.74, 6) is 0.622. The molecule has 2 nitrogen and oxygen atoms in total. The first-order valence-corrected chi connectivity index (χ1v) is 7.81. The second-order valence-corrected chi connectivity index (χ2v) is 5.77. The zero-order chi connectivity index (χ0) is 15.2. The van der Waals surface area contributed by atoms with Gasteiger partial charge >= 0.3 is 0 Å². The summed E-state index contributed by atoms with van der Waals surface area (Å²) in [6, 6.07) is 12.9. The molecule has 1 atom stereocenters. The zero-order valence-corrected chi connectivity index (χ0v) is 13.3. The fourth-order valence-electron chi connectivity index (χ4n) is 2.26. The number of benzene rings is 2. The molecule has 2 aromatic carbocycles. The zero-order valence-electron chi connectivity index (χ0n) is 12.5. The van der Waals surface area contributed by atoms with Gasteiger partial charge in [0.25, 0.3) is 0 Å². The highest BCUT2D eigenvalue weighted by atomic mass is 32.2. The summed E-state index contributed by atoms with van der Waals surface area (Å²) < 4.78 is 19.6. The van der Waals surface area contributed by atoms with E-state index in [4.69, 9.17) is 4.74 Å². The molecule has 0 aromatic heterocycles. The van der Waals surface area contributed by atoms with Crippen molar-refractivity contribution in [2.75, 3.05) is 13.7 Å². The van der Waals surface area contributed by atoms with Gasteiger partial charge in [0.2, 0.25) is 0 Å². The van der Waals surface area contributed by atoms with Crippen molar-refractivity contribution in [3.63, 3.8) is 0 Å². The van der Waals surface area contributed by atoms with Gasteiger partial charge in [-0.3, -0.25) is 0 Å². The lowest BCUT2D eigenvalue weighted by Crippen LogP contribution is -2.19. The van der Waals surface area contributed by atoms with Crippen LogP contribution in [0.4, 0.5) is 4.39 Å². The third kappa shape index (κ3) is 3.77. The van der Waals surface area contributed by atoms with Gasteiger partial charge in [-0.15, -0.1) is 0 Å². The van der Waals surface area contributed by atoms with Crippen molar-refractivity contribution in [3.8, 4) is 5.75 Å². The van der Waals surface area contributed by atoms with E-state index in [2.05, 4.69) is 5.32 Å². The second kappa shape index (κ2) is 7.48. The van der Waals surface area contributed by atoms with Gasteiger partial charge in [0.15, 0.2) is 0 Å².